The number of phenols is 1. The van der Waals surface area contributed by atoms with E-state index in [1.165, 1.54) is 6.08 Å². The van der Waals surface area contributed by atoms with E-state index < -0.39 is 35.7 Å². The molecule has 49 heavy (non-hydrogen) atoms. The molecule has 11 nitrogen and oxygen atoms in total. The van der Waals surface area contributed by atoms with Crippen LogP contribution in [0, 0.1) is 21.4 Å². The van der Waals surface area contributed by atoms with E-state index in [0.717, 1.165) is 12.7 Å². The third-order valence-electron chi connectivity index (χ3n) is 6.81. The second-order valence-electron chi connectivity index (χ2n) is 10.5. The molecule has 2 unspecified atom stereocenters. The Hall–Kier alpha value is 1.16. The number of ether oxygens (including phenoxy) is 3. The predicted molar refractivity (Wildman–Crippen MR) is 250 cm³/mol. The summed E-state index contributed by atoms with van der Waals surface area (Å²) in [5.74, 6) is 0.373. The number of benzene rings is 3. The fourth-order valence-electron chi connectivity index (χ4n) is 4.40. The quantitative estimate of drug-likeness (QED) is 0.0631. The molecule has 262 valence electrons. The summed E-state index contributed by atoms with van der Waals surface area (Å²) < 4.78 is 22.6. The molecule has 0 aliphatic heterocycles. The van der Waals surface area contributed by atoms with Crippen LogP contribution < -0.4 is 25.7 Å². The maximum atomic E-state index is 13.2. The van der Waals surface area contributed by atoms with Gasteiger partial charge in [-0.2, -0.15) is 0 Å². The van der Waals surface area contributed by atoms with E-state index in [4.69, 9.17) is 30.8 Å². The highest BCUT2D eigenvalue weighted by molar-refractivity contribution is 14.1. The molecule has 0 aromatic heterocycles. The van der Waals surface area contributed by atoms with Crippen molar-refractivity contribution in [3.8, 4) is 28.7 Å². The summed E-state index contributed by atoms with van der Waals surface area (Å²) >= 11 is 16.2. The molecule has 0 amide bonds. The predicted octanol–water partition coefficient (Wildman–Crippen LogP) is 7.54. The monoisotopic (exact) mass is 1570 g/mol. The van der Waals surface area contributed by atoms with Gasteiger partial charge >= 0.3 is 11.9 Å². The number of carboxylic acids is 1. The first-order valence-electron chi connectivity index (χ1n) is 13.5. The van der Waals surface area contributed by atoms with Gasteiger partial charge in [-0.05, 0) is 235 Å². The number of esters is 1. The zero-order valence-electron chi connectivity index (χ0n) is 24.2. The number of aliphatic hydroxyl groups excluding tert-OH is 1. The van der Waals surface area contributed by atoms with Gasteiger partial charge in [0.2, 0.25) is 0 Å². The van der Waals surface area contributed by atoms with Gasteiger partial charge < -0.3 is 46.1 Å². The first-order valence-corrected chi connectivity index (χ1v) is 22.1. The van der Waals surface area contributed by atoms with Crippen LogP contribution in [0.4, 0.5) is 0 Å². The van der Waals surface area contributed by atoms with Crippen molar-refractivity contribution < 1.29 is 44.2 Å². The fraction of sp³-hybridized carbons (Fsp3) is 0.200. The number of aliphatic carboxylic acids is 1. The first kappa shape index (κ1) is 42.9. The summed E-state index contributed by atoms with van der Waals surface area (Å²) in [6, 6.07) is 8.04. The van der Waals surface area contributed by atoms with Gasteiger partial charge in [0, 0.05) is 6.42 Å². The van der Waals surface area contributed by atoms with E-state index >= 15 is 0 Å². The van der Waals surface area contributed by atoms with Crippen LogP contribution in [0.5, 0.6) is 28.7 Å². The Kier molecular flexibility index (Phi) is 15.9. The van der Waals surface area contributed by atoms with E-state index in [-0.39, 0.29) is 24.3 Å². The number of aromatic hydroxyl groups is 1. The van der Waals surface area contributed by atoms with Crippen molar-refractivity contribution in [1.29, 1.82) is 0 Å². The van der Waals surface area contributed by atoms with Crippen molar-refractivity contribution in [1.82, 2.24) is 0 Å². The molecule has 3 aromatic rings. The Labute approximate surface area is 389 Å². The summed E-state index contributed by atoms with van der Waals surface area (Å²) in [4.78, 5) is 24.4. The number of hydrogen-bond donors (Lipinski definition) is 6. The smallest absolute Gasteiger partial charge is 0.328 e. The van der Waals surface area contributed by atoms with Gasteiger partial charge in [0.15, 0.2) is 17.3 Å². The van der Waals surface area contributed by atoms with Gasteiger partial charge in [-0.3, -0.25) is 4.79 Å². The Morgan fingerprint density at radius 1 is 0.776 bits per heavy atom. The van der Waals surface area contributed by atoms with Crippen molar-refractivity contribution in [2.45, 2.75) is 36.6 Å². The molecule has 0 spiro atoms. The summed E-state index contributed by atoms with van der Waals surface area (Å²) in [7, 11) is 0. The molecular formula is C30H22I8N2O9. The molecule has 4 rings (SSSR count). The summed E-state index contributed by atoms with van der Waals surface area (Å²) in [6.45, 7) is 0. The zero-order chi connectivity index (χ0) is 36.5. The molecule has 0 fully saturated rings. The largest absolute Gasteiger partial charge is 0.506 e. The highest BCUT2D eigenvalue weighted by atomic mass is 127. The molecule has 0 saturated heterocycles. The number of carbonyl (C=O) groups is 2. The van der Waals surface area contributed by atoms with Gasteiger partial charge in [-0.15, -0.1) is 0 Å². The molecule has 0 saturated carbocycles. The molecule has 0 radical (unpaired) electrons. The lowest BCUT2D eigenvalue weighted by Crippen LogP contribution is -2.50. The maximum absolute atomic E-state index is 13.2. The van der Waals surface area contributed by atoms with E-state index in [9.17, 15) is 24.9 Å². The van der Waals surface area contributed by atoms with Crippen LogP contribution in [0.3, 0.4) is 0 Å². The van der Waals surface area contributed by atoms with Crippen LogP contribution in [0.15, 0.2) is 55.4 Å². The number of allylic oxidation sites excluding steroid dienone is 1. The Morgan fingerprint density at radius 3 is 1.80 bits per heavy atom. The van der Waals surface area contributed by atoms with Gasteiger partial charge in [0.25, 0.3) is 0 Å². The fourth-order valence-corrected chi connectivity index (χ4v) is 12.6. The Morgan fingerprint density at radius 2 is 1.27 bits per heavy atom. The average Bonchev–Trinajstić information content (AvgIpc) is 3.00. The molecular weight excluding hydrogens is 1550 g/mol. The maximum Gasteiger partial charge on any atom is 0.328 e. The highest BCUT2D eigenvalue weighted by Gasteiger charge is 2.44. The van der Waals surface area contributed by atoms with Gasteiger partial charge in [-0.1, -0.05) is 0 Å². The van der Waals surface area contributed by atoms with Crippen molar-refractivity contribution in [3.63, 3.8) is 0 Å². The normalized spacial score (nSPS) is 18.9. The molecule has 1 aliphatic rings. The standard InChI is InChI=1S/C30H22I8N2O9/c31-13-4-11(5-14(32)23(13)41)48-26-19(37)8-30(46,27(42)22(26)38)9-21(40)29(45)49-25-17(35)6-12(7-18(25)36)47-24-15(33)1-10(2-16(24)34)3-20(39)28(43)44/h1-2,4-8,20-21,27,41-42,46H,3,9,39-40H2,(H,43,44)/t20-,21-,27?,30?/m0/s1. The first-order chi connectivity index (χ1) is 22.8. The van der Waals surface area contributed by atoms with Crippen molar-refractivity contribution >= 4 is 193 Å². The Bertz CT molecular complexity index is 1820. The third kappa shape index (κ3) is 10.7. The number of aliphatic hydroxyl groups is 2. The molecule has 3 aromatic carbocycles. The van der Waals surface area contributed by atoms with Crippen LogP contribution in [0.2, 0.25) is 0 Å². The number of rotatable bonds is 11. The number of halogens is 8. The van der Waals surface area contributed by atoms with Crippen LogP contribution in [0.25, 0.3) is 0 Å². The minimum atomic E-state index is -1.89. The van der Waals surface area contributed by atoms with E-state index in [0.29, 0.717) is 44.4 Å². The average molecular weight is 1570 g/mol. The Balaban J connectivity index is 1.46. The third-order valence-corrected chi connectivity index (χ3v) is 13.5. The van der Waals surface area contributed by atoms with Gasteiger partial charge in [0.05, 0.1) is 28.6 Å². The minimum absolute atomic E-state index is 0.143. The molecule has 1 aliphatic carbocycles. The number of carboxylic acid groups (broad SMARTS) is 1. The second-order valence-corrected chi connectivity index (χ2v) is 19.8. The van der Waals surface area contributed by atoms with Gasteiger partial charge in [0.1, 0.15) is 41.0 Å². The SMILES string of the molecule is N[C@@H](Cc1cc(I)c(Oc2cc(I)c(OC(=O)[C@@H](N)CC3(O)C=C(I)C(Oc4cc(I)c(O)c(I)c4)=C(I)C3O)c(I)c2)c(I)c1)C(=O)O. The molecule has 0 bridgehead atoms. The van der Waals surface area contributed by atoms with Crippen LogP contribution in [0.1, 0.15) is 12.0 Å². The van der Waals surface area contributed by atoms with E-state index in [1.807, 2.05) is 148 Å². The highest BCUT2D eigenvalue weighted by Crippen LogP contribution is 2.43. The molecule has 4 atom stereocenters. The number of phenolic OH excluding ortho intramolecular Hbond substituents is 1. The lowest BCUT2D eigenvalue weighted by atomic mass is 9.85. The van der Waals surface area contributed by atoms with E-state index in [2.05, 4.69) is 45.2 Å². The molecule has 8 N–H and O–H groups in total. The van der Waals surface area contributed by atoms with Crippen LogP contribution in [-0.4, -0.2) is 56.2 Å². The topological polar surface area (TPSA) is 195 Å². The second kappa shape index (κ2) is 18.2. The number of carbonyl (C=O) groups excluding carboxylic acids is 1. The summed E-state index contributed by atoms with van der Waals surface area (Å²) in [5, 5.41) is 41.9. The summed E-state index contributed by atoms with van der Waals surface area (Å²) in [6.07, 6.45) is -0.195. The van der Waals surface area contributed by atoms with E-state index in [1.54, 1.807) is 24.3 Å². The summed E-state index contributed by atoms with van der Waals surface area (Å²) in [5.41, 5.74) is 10.8. The number of hydrogen-bond acceptors (Lipinski definition) is 10. The zero-order valence-corrected chi connectivity index (χ0v) is 41.5. The molecule has 19 heteroatoms. The van der Waals surface area contributed by atoms with Crippen molar-refractivity contribution in [2.24, 2.45) is 11.5 Å². The molecule has 0 heterocycles. The van der Waals surface area contributed by atoms with Gasteiger partial charge in [-0.25, -0.2) is 4.79 Å². The van der Waals surface area contributed by atoms with Crippen molar-refractivity contribution in [2.75, 3.05) is 0 Å². The van der Waals surface area contributed by atoms with Crippen molar-refractivity contribution in [3.05, 3.63) is 82.4 Å². The number of nitrogens with two attached hydrogens (primary N) is 2. The lowest BCUT2D eigenvalue weighted by molar-refractivity contribution is -0.139. The minimum Gasteiger partial charge on any atom is -0.506 e. The lowest BCUT2D eigenvalue weighted by Gasteiger charge is -2.36. The van der Waals surface area contributed by atoms with Crippen LogP contribution >= 0.6 is 181 Å². The van der Waals surface area contributed by atoms with Crippen LogP contribution in [-0.2, 0) is 16.0 Å².